The molecule has 0 unspecified atom stereocenters. The number of fused-ring (bicyclic) bond motifs is 4. The van der Waals surface area contributed by atoms with E-state index in [2.05, 4.69) is 115 Å². The molecule has 0 fully saturated rings. The molecule has 0 amide bonds. The van der Waals surface area contributed by atoms with Crippen molar-refractivity contribution in [3.8, 4) is 45.3 Å². The Balaban J connectivity index is 1.31. The molecule has 47 heavy (non-hydrogen) atoms. The Bertz CT molecular complexity index is 2510. The fraction of sp³-hybridized carbons (Fsp3) is 0.0465. The monoisotopic (exact) mass is 603 g/mol. The van der Waals surface area contributed by atoms with Gasteiger partial charge in [-0.2, -0.15) is 0 Å². The molecular formula is C43H29N3O. The number of aromatic nitrogens is 3. The predicted octanol–water partition coefficient (Wildman–Crippen LogP) is 11.3. The van der Waals surface area contributed by atoms with E-state index in [1.807, 2.05) is 36.4 Å². The number of furan rings is 1. The van der Waals surface area contributed by atoms with Gasteiger partial charge in [0.05, 0.1) is 0 Å². The zero-order chi connectivity index (χ0) is 31.2. The number of hydrogen-bond donors (Lipinski definition) is 0. The summed E-state index contributed by atoms with van der Waals surface area (Å²) in [7, 11) is 0. The first-order valence-corrected chi connectivity index (χ1v) is 16.0. The molecule has 9 rings (SSSR count). The van der Waals surface area contributed by atoms with Gasteiger partial charge in [-0.15, -0.1) is 0 Å². The summed E-state index contributed by atoms with van der Waals surface area (Å²) >= 11 is 0. The third-order valence-corrected chi connectivity index (χ3v) is 9.04. The maximum Gasteiger partial charge on any atom is 0.164 e. The van der Waals surface area contributed by atoms with Crippen molar-refractivity contribution in [1.82, 2.24) is 15.0 Å². The summed E-state index contributed by atoms with van der Waals surface area (Å²) in [6.45, 7) is 0. The first-order chi connectivity index (χ1) is 23.3. The van der Waals surface area contributed by atoms with Gasteiger partial charge in [0.15, 0.2) is 17.5 Å². The van der Waals surface area contributed by atoms with E-state index in [0.29, 0.717) is 17.5 Å². The van der Waals surface area contributed by atoms with Crippen LogP contribution in [0.3, 0.4) is 0 Å². The lowest BCUT2D eigenvalue weighted by atomic mass is 9.92. The molecule has 0 spiro atoms. The van der Waals surface area contributed by atoms with E-state index in [1.165, 1.54) is 22.3 Å². The maximum absolute atomic E-state index is 6.47. The quantitative estimate of drug-likeness (QED) is 0.196. The predicted molar refractivity (Wildman–Crippen MR) is 193 cm³/mol. The molecule has 6 aromatic carbocycles. The molecule has 1 aliphatic rings. The van der Waals surface area contributed by atoms with Crippen molar-refractivity contribution in [2.45, 2.75) is 12.8 Å². The van der Waals surface area contributed by atoms with Crippen molar-refractivity contribution in [3.05, 3.63) is 157 Å². The molecule has 222 valence electrons. The van der Waals surface area contributed by atoms with Crippen LogP contribution in [0.15, 0.2) is 156 Å². The van der Waals surface area contributed by atoms with Gasteiger partial charge >= 0.3 is 0 Å². The Kier molecular flexibility index (Phi) is 6.57. The molecule has 0 aliphatic heterocycles. The average Bonchev–Trinajstić information content (AvgIpc) is 3.54. The molecule has 0 bridgehead atoms. The van der Waals surface area contributed by atoms with E-state index in [1.54, 1.807) is 0 Å². The second-order valence-electron chi connectivity index (χ2n) is 11.9. The highest BCUT2D eigenvalue weighted by atomic mass is 16.3. The van der Waals surface area contributed by atoms with Crippen LogP contribution in [-0.2, 0) is 0 Å². The zero-order valence-electron chi connectivity index (χ0n) is 25.6. The Morgan fingerprint density at radius 3 is 1.72 bits per heavy atom. The standard InChI is InChI=1S/C43H29N3O/c1-4-14-28(15-5-1)31-26-27-35(34-21-11-10-20-33(31)34)42-44-41(30-18-8-3-9-19-30)45-43(46-42)36-23-13-25-38-40(36)39-32(22-12-24-37(39)47-38)29-16-6-2-7-17-29/h1-6,8-16,18-27H,7,17H2. The Hall–Kier alpha value is -6.13. The fourth-order valence-electron chi connectivity index (χ4n) is 6.84. The fourth-order valence-corrected chi connectivity index (χ4v) is 6.84. The van der Waals surface area contributed by atoms with Crippen LogP contribution < -0.4 is 0 Å². The van der Waals surface area contributed by atoms with Crippen LogP contribution in [0.4, 0.5) is 0 Å². The highest BCUT2D eigenvalue weighted by Gasteiger charge is 2.21. The van der Waals surface area contributed by atoms with Gasteiger partial charge in [-0.05, 0) is 64.1 Å². The van der Waals surface area contributed by atoms with Crippen molar-refractivity contribution in [1.29, 1.82) is 0 Å². The first-order valence-electron chi connectivity index (χ1n) is 16.0. The summed E-state index contributed by atoms with van der Waals surface area (Å²) in [5.41, 5.74) is 9.35. The lowest BCUT2D eigenvalue weighted by Gasteiger charge is -2.14. The lowest BCUT2D eigenvalue weighted by molar-refractivity contribution is 0.669. The highest BCUT2D eigenvalue weighted by Crippen LogP contribution is 2.42. The summed E-state index contributed by atoms with van der Waals surface area (Å²) in [6, 6.07) is 46.0. The van der Waals surface area contributed by atoms with Gasteiger partial charge in [-0.1, -0.05) is 133 Å². The van der Waals surface area contributed by atoms with Crippen molar-refractivity contribution >= 4 is 38.3 Å². The molecule has 2 heterocycles. The molecule has 0 radical (unpaired) electrons. The Morgan fingerprint density at radius 2 is 1.02 bits per heavy atom. The van der Waals surface area contributed by atoms with Gasteiger partial charge in [0.1, 0.15) is 11.2 Å². The highest BCUT2D eigenvalue weighted by molar-refractivity contribution is 6.16. The molecule has 1 aliphatic carbocycles. The van der Waals surface area contributed by atoms with Crippen LogP contribution in [0, 0.1) is 0 Å². The van der Waals surface area contributed by atoms with Crippen molar-refractivity contribution in [2.24, 2.45) is 0 Å². The van der Waals surface area contributed by atoms with E-state index in [-0.39, 0.29) is 0 Å². The summed E-state index contributed by atoms with van der Waals surface area (Å²) in [4.78, 5) is 15.5. The van der Waals surface area contributed by atoms with Crippen LogP contribution in [0.25, 0.3) is 83.6 Å². The molecule has 4 nitrogen and oxygen atoms in total. The van der Waals surface area contributed by atoms with E-state index in [4.69, 9.17) is 19.4 Å². The van der Waals surface area contributed by atoms with Crippen LogP contribution in [-0.4, -0.2) is 15.0 Å². The first kappa shape index (κ1) is 27.2. The minimum atomic E-state index is 0.616. The number of benzene rings is 6. The smallest absolute Gasteiger partial charge is 0.164 e. The van der Waals surface area contributed by atoms with Gasteiger partial charge in [0.2, 0.25) is 0 Å². The largest absolute Gasteiger partial charge is 0.456 e. The Morgan fingerprint density at radius 1 is 0.447 bits per heavy atom. The number of hydrogen-bond acceptors (Lipinski definition) is 4. The van der Waals surface area contributed by atoms with Gasteiger partial charge in [-0.25, -0.2) is 15.0 Å². The summed E-state index contributed by atoms with van der Waals surface area (Å²) < 4.78 is 6.47. The molecule has 0 saturated carbocycles. The van der Waals surface area contributed by atoms with Crippen LogP contribution in [0.1, 0.15) is 18.4 Å². The topological polar surface area (TPSA) is 51.8 Å². The van der Waals surface area contributed by atoms with E-state index in [0.717, 1.165) is 62.2 Å². The van der Waals surface area contributed by atoms with Crippen LogP contribution >= 0.6 is 0 Å². The molecule has 0 saturated heterocycles. The van der Waals surface area contributed by atoms with Gasteiger partial charge in [0, 0.05) is 27.5 Å². The third-order valence-electron chi connectivity index (χ3n) is 9.04. The molecule has 0 atom stereocenters. The minimum absolute atomic E-state index is 0.616. The molecular weight excluding hydrogens is 574 g/mol. The third kappa shape index (κ3) is 4.74. The number of rotatable bonds is 5. The normalized spacial score (nSPS) is 13.0. The van der Waals surface area contributed by atoms with Crippen molar-refractivity contribution in [2.75, 3.05) is 0 Å². The second-order valence-corrected chi connectivity index (χ2v) is 11.9. The minimum Gasteiger partial charge on any atom is -0.456 e. The summed E-state index contributed by atoms with van der Waals surface area (Å²) in [5, 5.41) is 4.37. The Labute approximate surface area is 272 Å². The number of allylic oxidation sites excluding steroid dienone is 4. The van der Waals surface area contributed by atoms with E-state index < -0.39 is 0 Å². The van der Waals surface area contributed by atoms with E-state index in [9.17, 15) is 0 Å². The van der Waals surface area contributed by atoms with E-state index >= 15 is 0 Å². The average molecular weight is 604 g/mol. The molecule has 2 aromatic heterocycles. The van der Waals surface area contributed by atoms with Gasteiger partial charge < -0.3 is 4.42 Å². The van der Waals surface area contributed by atoms with Gasteiger partial charge in [0.25, 0.3) is 0 Å². The summed E-state index contributed by atoms with van der Waals surface area (Å²) in [5.74, 6) is 1.88. The lowest BCUT2D eigenvalue weighted by Crippen LogP contribution is -2.01. The SMILES string of the molecule is C1=CCCC(c2cccc3oc4cccc(-c5nc(-c6ccccc6)nc(-c6ccc(-c7ccccc7)c7ccccc67)n5)c4c23)=C1. The zero-order valence-corrected chi connectivity index (χ0v) is 25.6. The van der Waals surface area contributed by atoms with Crippen molar-refractivity contribution in [3.63, 3.8) is 0 Å². The number of nitrogens with zero attached hydrogens (tertiary/aromatic N) is 3. The van der Waals surface area contributed by atoms with Crippen LogP contribution in [0.2, 0.25) is 0 Å². The summed E-state index contributed by atoms with van der Waals surface area (Å²) in [6.07, 6.45) is 8.61. The maximum atomic E-state index is 6.47. The molecule has 0 N–H and O–H groups in total. The van der Waals surface area contributed by atoms with Crippen LogP contribution in [0.5, 0.6) is 0 Å². The van der Waals surface area contributed by atoms with Crippen molar-refractivity contribution < 1.29 is 4.42 Å². The molecule has 4 heteroatoms. The molecule has 8 aromatic rings. The van der Waals surface area contributed by atoms with Gasteiger partial charge in [-0.3, -0.25) is 0 Å². The second kappa shape index (κ2) is 11.3.